The average Bonchev–Trinajstić information content (AvgIpc) is 3.27. The third kappa shape index (κ3) is 3.92. The highest BCUT2D eigenvalue weighted by Gasteiger charge is 2.33. The van der Waals surface area contributed by atoms with Crippen molar-refractivity contribution in [2.24, 2.45) is 5.10 Å². The lowest BCUT2D eigenvalue weighted by Gasteiger charge is -2.13. The van der Waals surface area contributed by atoms with Crippen molar-refractivity contribution in [1.29, 1.82) is 0 Å². The number of ether oxygens (including phenoxy) is 1. The number of hydrazone groups is 1. The molecular formula is C23H23ClN2O4. The number of anilines is 1. The molecule has 30 heavy (non-hydrogen) atoms. The number of hydrogen-bond acceptors (Lipinski definition) is 5. The fraction of sp³-hybridized carbons (Fsp3) is 0.348. The number of nitrogens with zero attached hydrogens (tertiary/aromatic N) is 2. The van der Waals surface area contributed by atoms with Gasteiger partial charge in [-0.05, 0) is 43.2 Å². The highest BCUT2D eigenvalue weighted by atomic mass is 35.5. The number of aromatic hydroxyl groups is 1. The lowest BCUT2D eigenvalue weighted by Crippen LogP contribution is -2.19. The number of halogens is 1. The monoisotopic (exact) mass is 426 g/mol. The maximum Gasteiger partial charge on any atom is 0.339 e. The van der Waals surface area contributed by atoms with Gasteiger partial charge in [0.1, 0.15) is 11.9 Å². The van der Waals surface area contributed by atoms with Gasteiger partial charge in [-0.2, -0.15) is 5.10 Å². The summed E-state index contributed by atoms with van der Waals surface area (Å²) >= 11 is 6.02. The Kier molecular flexibility index (Phi) is 5.77. The van der Waals surface area contributed by atoms with E-state index in [-0.39, 0.29) is 30.2 Å². The number of phenols is 1. The summed E-state index contributed by atoms with van der Waals surface area (Å²) in [7, 11) is 0. The van der Waals surface area contributed by atoms with Crippen LogP contribution in [0.15, 0.2) is 41.5 Å². The number of fused-ring (bicyclic) bond motifs is 1. The van der Waals surface area contributed by atoms with Gasteiger partial charge in [-0.3, -0.25) is 4.79 Å². The molecule has 0 aromatic heterocycles. The standard InChI is InChI=1S/C23H23ClN2O4/c1-2-3-4-5-6-21-16-9-8-15(12-17(16)23(29)30-21)26-22(28)13-19(25-26)18-11-14(24)7-10-20(18)27/h7-12,21,27H,2-6,13H2,1H3. The van der Waals surface area contributed by atoms with Crippen molar-refractivity contribution in [2.45, 2.75) is 51.6 Å². The van der Waals surface area contributed by atoms with E-state index in [4.69, 9.17) is 16.3 Å². The number of cyclic esters (lactones) is 1. The van der Waals surface area contributed by atoms with E-state index in [1.165, 1.54) is 17.5 Å². The van der Waals surface area contributed by atoms with Crippen LogP contribution in [0, 0.1) is 0 Å². The van der Waals surface area contributed by atoms with Gasteiger partial charge < -0.3 is 9.84 Å². The van der Waals surface area contributed by atoms with Crippen LogP contribution >= 0.6 is 11.6 Å². The summed E-state index contributed by atoms with van der Waals surface area (Å²) in [6.07, 6.45) is 5.07. The molecule has 1 amide bonds. The van der Waals surface area contributed by atoms with E-state index in [1.54, 1.807) is 24.3 Å². The molecule has 1 N–H and O–H groups in total. The molecule has 7 heteroatoms. The van der Waals surface area contributed by atoms with Gasteiger partial charge in [0.25, 0.3) is 5.91 Å². The zero-order valence-corrected chi connectivity index (χ0v) is 17.5. The van der Waals surface area contributed by atoms with Crippen LogP contribution in [-0.4, -0.2) is 22.7 Å². The first-order chi connectivity index (χ1) is 14.5. The smallest absolute Gasteiger partial charge is 0.339 e. The number of unbranched alkanes of at least 4 members (excludes halogenated alkanes) is 3. The third-order valence-electron chi connectivity index (χ3n) is 5.46. The number of hydrogen-bond donors (Lipinski definition) is 1. The van der Waals surface area contributed by atoms with Gasteiger partial charge in [0.2, 0.25) is 0 Å². The SMILES string of the molecule is CCCCCCC1OC(=O)c2cc(N3N=C(c4cc(Cl)ccc4O)CC3=O)ccc21. The summed E-state index contributed by atoms with van der Waals surface area (Å²) in [6.45, 7) is 2.16. The number of amides is 1. The van der Waals surface area contributed by atoms with Gasteiger partial charge in [-0.25, -0.2) is 9.80 Å². The predicted octanol–water partition coefficient (Wildman–Crippen LogP) is 5.37. The summed E-state index contributed by atoms with van der Waals surface area (Å²) < 4.78 is 5.55. The van der Waals surface area contributed by atoms with Gasteiger partial charge >= 0.3 is 5.97 Å². The van der Waals surface area contributed by atoms with E-state index >= 15 is 0 Å². The lowest BCUT2D eigenvalue weighted by atomic mass is 9.99. The molecule has 4 rings (SSSR count). The topological polar surface area (TPSA) is 79.2 Å². The fourth-order valence-electron chi connectivity index (χ4n) is 3.88. The lowest BCUT2D eigenvalue weighted by molar-refractivity contribution is -0.116. The summed E-state index contributed by atoms with van der Waals surface area (Å²) in [5, 5.41) is 16.2. The quantitative estimate of drug-likeness (QED) is 0.477. The Morgan fingerprint density at radius 3 is 2.77 bits per heavy atom. The Morgan fingerprint density at radius 2 is 1.97 bits per heavy atom. The third-order valence-corrected chi connectivity index (χ3v) is 5.70. The molecule has 156 valence electrons. The molecule has 0 saturated heterocycles. The Morgan fingerprint density at radius 1 is 1.13 bits per heavy atom. The summed E-state index contributed by atoms with van der Waals surface area (Å²) in [4.78, 5) is 25.0. The van der Waals surface area contributed by atoms with Crippen LogP contribution in [0.4, 0.5) is 5.69 Å². The first-order valence-electron chi connectivity index (χ1n) is 10.2. The number of carbonyl (C=O) groups is 2. The first kappa shape index (κ1) is 20.4. The van der Waals surface area contributed by atoms with Crippen LogP contribution in [0.3, 0.4) is 0 Å². The second-order valence-corrected chi connectivity index (χ2v) is 8.04. The van der Waals surface area contributed by atoms with Crippen LogP contribution in [0.2, 0.25) is 5.02 Å². The van der Waals surface area contributed by atoms with Crippen molar-refractivity contribution in [3.63, 3.8) is 0 Å². The fourth-order valence-corrected chi connectivity index (χ4v) is 4.05. The van der Waals surface area contributed by atoms with Crippen molar-refractivity contribution < 1.29 is 19.4 Å². The zero-order chi connectivity index (χ0) is 21.3. The van der Waals surface area contributed by atoms with E-state index in [9.17, 15) is 14.7 Å². The number of phenolic OH excluding ortho intramolecular Hbond substituents is 1. The van der Waals surface area contributed by atoms with Gasteiger partial charge in [-0.1, -0.05) is 43.9 Å². The van der Waals surface area contributed by atoms with E-state index in [2.05, 4.69) is 12.0 Å². The number of benzene rings is 2. The predicted molar refractivity (Wildman–Crippen MR) is 115 cm³/mol. The van der Waals surface area contributed by atoms with Crippen LogP contribution in [0.5, 0.6) is 5.75 Å². The average molecular weight is 427 g/mol. The minimum absolute atomic E-state index is 0.0104. The Bertz CT molecular complexity index is 1030. The first-order valence-corrected chi connectivity index (χ1v) is 10.6. The van der Waals surface area contributed by atoms with Crippen molar-refractivity contribution in [1.82, 2.24) is 0 Å². The molecule has 0 saturated carbocycles. The number of esters is 1. The minimum Gasteiger partial charge on any atom is -0.507 e. The van der Waals surface area contributed by atoms with Crippen molar-refractivity contribution in [2.75, 3.05) is 5.01 Å². The van der Waals surface area contributed by atoms with Crippen LogP contribution < -0.4 is 5.01 Å². The van der Waals surface area contributed by atoms with Gasteiger partial charge in [0, 0.05) is 16.1 Å². The van der Waals surface area contributed by atoms with Crippen LogP contribution in [0.25, 0.3) is 0 Å². The highest BCUT2D eigenvalue weighted by Crippen LogP contribution is 2.37. The maximum absolute atomic E-state index is 12.6. The van der Waals surface area contributed by atoms with E-state index in [0.29, 0.717) is 27.5 Å². The molecule has 2 heterocycles. The summed E-state index contributed by atoms with van der Waals surface area (Å²) in [6, 6.07) is 9.90. The van der Waals surface area contributed by atoms with Crippen LogP contribution in [-0.2, 0) is 9.53 Å². The van der Waals surface area contributed by atoms with Crippen molar-refractivity contribution in [3.05, 3.63) is 58.1 Å². The maximum atomic E-state index is 12.6. The molecule has 0 aliphatic carbocycles. The summed E-state index contributed by atoms with van der Waals surface area (Å²) in [5.74, 6) is -0.598. The second-order valence-electron chi connectivity index (χ2n) is 7.61. The molecule has 2 aromatic rings. The van der Waals surface area contributed by atoms with Gasteiger partial charge in [-0.15, -0.1) is 0 Å². The van der Waals surface area contributed by atoms with E-state index in [0.717, 1.165) is 31.2 Å². The van der Waals surface area contributed by atoms with Gasteiger partial charge in [0.15, 0.2) is 0 Å². The molecular weight excluding hydrogens is 404 g/mol. The molecule has 0 fully saturated rings. The molecule has 2 aliphatic rings. The minimum atomic E-state index is -0.365. The normalized spacial score (nSPS) is 17.9. The Balaban J connectivity index is 1.57. The molecule has 0 bridgehead atoms. The Labute approximate surface area is 180 Å². The number of rotatable bonds is 7. The second kappa shape index (κ2) is 8.48. The van der Waals surface area contributed by atoms with Crippen molar-refractivity contribution >= 4 is 34.9 Å². The molecule has 2 aliphatic heterocycles. The Hall–Kier alpha value is -2.86. The number of carbonyl (C=O) groups excluding carboxylic acids is 2. The molecule has 0 spiro atoms. The zero-order valence-electron chi connectivity index (χ0n) is 16.7. The largest absolute Gasteiger partial charge is 0.507 e. The summed E-state index contributed by atoms with van der Waals surface area (Å²) in [5.41, 5.74) is 2.69. The van der Waals surface area contributed by atoms with E-state index in [1.807, 2.05) is 6.07 Å². The molecule has 1 unspecified atom stereocenters. The highest BCUT2D eigenvalue weighted by molar-refractivity contribution is 6.31. The molecule has 0 radical (unpaired) electrons. The molecule has 1 atom stereocenters. The molecule has 6 nitrogen and oxygen atoms in total. The van der Waals surface area contributed by atoms with Crippen LogP contribution in [0.1, 0.15) is 73.0 Å². The van der Waals surface area contributed by atoms with E-state index < -0.39 is 0 Å². The van der Waals surface area contributed by atoms with Crippen molar-refractivity contribution in [3.8, 4) is 5.75 Å². The van der Waals surface area contributed by atoms with Gasteiger partial charge in [0.05, 0.1) is 23.4 Å². The molecule has 2 aromatic carbocycles.